The fourth-order valence-corrected chi connectivity index (χ4v) is 1.70. The SMILES string of the molecule is COCCCNCC(=O)Nc1cc(C(F)(F)F)ccc1Cl. The van der Waals surface area contributed by atoms with Gasteiger partial charge in [0.15, 0.2) is 0 Å². The van der Waals surface area contributed by atoms with Gasteiger partial charge in [0.05, 0.1) is 22.8 Å². The van der Waals surface area contributed by atoms with Crippen molar-refractivity contribution >= 4 is 23.2 Å². The van der Waals surface area contributed by atoms with Gasteiger partial charge in [0.25, 0.3) is 0 Å². The first kappa shape index (κ1) is 17.7. The third-order valence-corrected chi connectivity index (χ3v) is 2.88. The summed E-state index contributed by atoms with van der Waals surface area (Å²) >= 11 is 5.77. The number of ether oxygens (including phenoxy) is 1. The number of benzene rings is 1. The Bertz CT molecular complexity index is 481. The van der Waals surface area contributed by atoms with Crippen LogP contribution in [0.15, 0.2) is 18.2 Å². The lowest BCUT2D eigenvalue weighted by molar-refractivity contribution is -0.137. The number of amides is 1. The second-order valence-corrected chi connectivity index (χ2v) is 4.67. The molecule has 0 fully saturated rings. The quantitative estimate of drug-likeness (QED) is 0.758. The molecule has 4 nitrogen and oxygen atoms in total. The van der Waals surface area contributed by atoms with Crippen molar-refractivity contribution in [2.75, 3.05) is 32.1 Å². The van der Waals surface area contributed by atoms with Crippen LogP contribution in [0.1, 0.15) is 12.0 Å². The van der Waals surface area contributed by atoms with Crippen molar-refractivity contribution < 1.29 is 22.7 Å². The smallest absolute Gasteiger partial charge is 0.385 e. The molecule has 1 amide bonds. The zero-order chi connectivity index (χ0) is 15.9. The Hall–Kier alpha value is -1.31. The molecule has 0 saturated heterocycles. The first-order valence-electron chi connectivity index (χ1n) is 6.21. The molecule has 0 atom stereocenters. The molecule has 0 aliphatic rings. The molecule has 1 rings (SSSR count). The topological polar surface area (TPSA) is 50.4 Å². The molecule has 0 radical (unpaired) electrons. The normalized spacial score (nSPS) is 11.5. The largest absolute Gasteiger partial charge is 0.416 e. The molecule has 1 aromatic carbocycles. The summed E-state index contributed by atoms with van der Waals surface area (Å²) in [5.74, 6) is -0.464. The summed E-state index contributed by atoms with van der Waals surface area (Å²) in [7, 11) is 1.57. The summed E-state index contributed by atoms with van der Waals surface area (Å²) in [5, 5.41) is 5.25. The van der Waals surface area contributed by atoms with Gasteiger partial charge in [-0.15, -0.1) is 0 Å². The molecule has 8 heteroatoms. The van der Waals surface area contributed by atoms with Crippen molar-refractivity contribution in [2.24, 2.45) is 0 Å². The molecule has 0 saturated carbocycles. The first-order valence-corrected chi connectivity index (χ1v) is 6.58. The van der Waals surface area contributed by atoms with Gasteiger partial charge in [0.2, 0.25) is 5.91 Å². The standard InChI is InChI=1S/C13H16ClF3N2O2/c1-21-6-2-5-18-8-12(20)19-11-7-9(13(15,16)17)3-4-10(11)14/h3-4,7,18H,2,5-6,8H2,1H3,(H,19,20). The average molecular weight is 325 g/mol. The number of hydrogen-bond acceptors (Lipinski definition) is 3. The van der Waals surface area contributed by atoms with Crippen molar-refractivity contribution in [2.45, 2.75) is 12.6 Å². The van der Waals surface area contributed by atoms with Crippen molar-refractivity contribution in [3.05, 3.63) is 28.8 Å². The number of nitrogens with one attached hydrogen (secondary N) is 2. The molecule has 0 heterocycles. The van der Waals surface area contributed by atoms with Gasteiger partial charge < -0.3 is 15.4 Å². The van der Waals surface area contributed by atoms with E-state index in [2.05, 4.69) is 10.6 Å². The summed E-state index contributed by atoms with van der Waals surface area (Å²) in [4.78, 5) is 11.6. The average Bonchev–Trinajstić information content (AvgIpc) is 2.40. The molecule has 0 aliphatic heterocycles. The maximum absolute atomic E-state index is 12.6. The van der Waals surface area contributed by atoms with E-state index in [9.17, 15) is 18.0 Å². The van der Waals surface area contributed by atoms with E-state index in [1.54, 1.807) is 7.11 Å². The molecule has 0 spiro atoms. The second kappa shape index (κ2) is 8.21. The van der Waals surface area contributed by atoms with Crippen LogP contribution in [0.25, 0.3) is 0 Å². The molecule has 1 aromatic rings. The number of carbonyl (C=O) groups excluding carboxylic acids is 1. The molecule has 2 N–H and O–H groups in total. The molecule has 0 aliphatic carbocycles. The van der Waals surface area contributed by atoms with E-state index in [4.69, 9.17) is 16.3 Å². The number of rotatable bonds is 7. The van der Waals surface area contributed by atoms with E-state index >= 15 is 0 Å². The molecule has 21 heavy (non-hydrogen) atoms. The van der Waals surface area contributed by atoms with Gasteiger partial charge in [0, 0.05) is 13.7 Å². The van der Waals surface area contributed by atoms with Gasteiger partial charge in [-0.1, -0.05) is 11.6 Å². The highest BCUT2D eigenvalue weighted by atomic mass is 35.5. The van der Waals surface area contributed by atoms with E-state index < -0.39 is 17.6 Å². The van der Waals surface area contributed by atoms with Crippen LogP contribution in [0.3, 0.4) is 0 Å². The highest BCUT2D eigenvalue weighted by Crippen LogP contribution is 2.33. The number of halogens is 4. The van der Waals surface area contributed by atoms with Gasteiger partial charge in [-0.05, 0) is 31.2 Å². The van der Waals surface area contributed by atoms with Crippen LogP contribution in [-0.2, 0) is 15.7 Å². The zero-order valence-electron chi connectivity index (χ0n) is 11.4. The van der Waals surface area contributed by atoms with Gasteiger partial charge in [-0.25, -0.2) is 0 Å². The second-order valence-electron chi connectivity index (χ2n) is 4.26. The Morgan fingerprint density at radius 2 is 2.10 bits per heavy atom. The van der Waals surface area contributed by atoms with Crippen LogP contribution in [0.4, 0.5) is 18.9 Å². The van der Waals surface area contributed by atoms with E-state index in [0.717, 1.165) is 24.6 Å². The summed E-state index contributed by atoms with van der Waals surface area (Å²) in [5.41, 5.74) is -0.926. The highest BCUT2D eigenvalue weighted by Gasteiger charge is 2.31. The Morgan fingerprint density at radius 3 is 2.71 bits per heavy atom. The van der Waals surface area contributed by atoms with E-state index in [0.29, 0.717) is 13.2 Å². The van der Waals surface area contributed by atoms with Crippen LogP contribution in [-0.4, -0.2) is 32.7 Å². The van der Waals surface area contributed by atoms with Crippen LogP contribution in [0, 0.1) is 0 Å². The van der Waals surface area contributed by atoms with Crippen LogP contribution < -0.4 is 10.6 Å². The van der Waals surface area contributed by atoms with Crippen LogP contribution >= 0.6 is 11.6 Å². The predicted molar refractivity (Wildman–Crippen MR) is 74.4 cm³/mol. The molecule has 0 unspecified atom stereocenters. The maximum Gasteiger partial charge on any atom is 0.416 e. The van der Waals surface area contributed by atoms with Gasteiger partial charge in [0.1, 0.15) is 0 Å². The summed E-state index contributed by atoms with van der Waals surface area (Å²) < 4.78 is 42.6. The Morgan fingerprint density at radius 1 is 1.38 bits per heavy atom. The van der Waals surface area contributed by atoms with Crippen LogP contribution in [0.2, 0.25) is 5.02 Å². The van der Waals surface area contributed by atoms with Crippen molar-refractivity contribution in [3.63, 3.8) is 0 Å². The number of hydrogen-bond donors (Lipinski definition) is 2. The third-order valence-electron chi connectivity index (χ3n) is 2.56. The van der Waals surface area contributed by atoms with Gasteiger partial charge in [-0.2, -0.15) is 13.2 Å². The van der Waals surface area contributed by atoms with E-state index in [1.807, 2.05) is 0 Å². The predicted octanol–water partition coefficient (Wildman–Crippen LogP) is 2.92. The van der Waals surface area contributed by atoms with Crippen molar-refractivity contribution in [3.8, 4) is 0 Å². The summed E-state index contributed by atoms with van der Waals surface area (Å²) in [6.07, 6.45) is -3.75. The van der Waals surface area contributed by atoms with Gasteiger partial charge in [-0.3, -0.25) is 4.79 Å². The summed E-state index contributed by atoms with van der Waals surface area (Å²) in [6, 6.07) is 2.78. The summed E-state index contributed by atoms with van der Waals surface area (Å²) in [6.45, 7) is 1.11. The fraction of sp³-hybridized carbons (Fsp3) is 0.462. The lowest BCUT2D eigenvalue weighted by Gasteiger charge is -2.12. The lowest BCUT2D eigenvalue weighted by atomic mass is 10.2. The van der Waals surface area contributed by atoms with E-state index in [1.165, 1.54) is 0 Å². The Kier molecular flexibility index (Phi) is 6.94. The maximum atomic E-state index is 12.6. The monoisotopic (exact) mass is 324 g/mol. The Balaban J connectivity index is 2.55. The minimum absolute atomic E-state index is 0.0176. The minimum atomic E-state index is -4.48. The number of carbonyl (C=O) groups is 1. The molecule has 118 valence electrons. The molecule has 0 bridgehead atoms. The zero-order valence-corrected chi connectivity index (χ0v) is 12.1. The Labute approximate surface area is 125 Å². The van der Waals surface area contributed by atoms with Crippen molar-refractivity contribution in [1.82, 2.24) is 5.32 Å². The molecular weight excluding hydrogens is 309 g/mol. The number of methoxy groups -OCH3 is 1. The number of anilines is 1. The number of alkyl halides is 3. The van der Waals surface area contributed by atoms with E-state index in [-0.39, 0.29) is 17.3 Å². The lowest BCUT2D eigenvalue weighted by Crippen LogP contribution is -2.29. The van der Waals surface area contributed by atoms with Crippen molar-refractivity contribution in [1.29, 1.82) is 0 Å². The molecule has 0 aromatic heterocycles. The van der Waals surface area contributed by atoms with Gasteiger partial charge >= 0.3 is 6.18 Å². The fourth-order valence-electron chi connectivity index (χ4n) is 1.54. The molecular formula is C13H16ClF3N2O2. The minimum Gasteiger partial charge on any atom is -0.385 e. The van der Waals surface area contributed by atoms with Crippen LogP contribution in [0.5, 0.6) is 0 Å². The highest BCUT2D eigenvalue weighted by molar-refractivity contribution is 6.33. The first-order chi connectivity index (χ1) is 9.84. The third kappa shape index (κ3) is 6.33.